The first-order valence-electron chi connectivity index (χ1n) is 8.45. The van der Waals surface area contributed by atoms with Gasteiger partial charge in [-0.05, 0) is 32.0 Å². The molecule has 148 valence electrons. The van der Waals surface area contributed by atoms with Crippen molar-refractivity contribution in [3.63, 3.8) is 0 Å². The first-order chi connectivity index (χ1) is 12.7. The smallest absolute Gasteiger partial charge is 0.340 e. The molecular formula is C18H21ClO8. The van der Waals surface area contributed by atoms with Gasteiger partial charge in [-0.25, -0.2) is 4.79 Å². The van der Waals surface area contributed by atoms with E-state index in [-0.39, 0.29) is 12.2 Å². The lowest BCUT2D eigenvalue weighted by Crippen LogP contribution is -2.65. The van der Waals surface area contributed by atoms with Crippen molar-refractivity contribution < 1.29 is 38.4 Å². The van der Waals surface area contributed by atoms with Crippen molar-refractivity contribution >= 4 is 23.5 Å². The summed E-state index contributed by atoms with van der Waals surface area (Å²) in [6, 6.07) is 6.16. The molecule has 2 fully saturated rings. The molecule has 1 aromatic rings. The lowest BCUT2D eigenvalue weighted by Gasteiger charge is -2.49. The highest BCUT2D eigenvalue weighted by Crippen LogP contribution is 2.34. The highest BCUT2D eigenvalue weighted by Gasteiger charge is 2.53. The van der Waals surface area contributed by atoms with Gasteiger partial charge in [0.1, 0.15) is 12.2 Å². The van der Waals surface area contributed by atoms with Crippen LogP contribution in [0, 0.1) is 0 Å². The maximum absolute atomic E-state index is 12.4. The minimum atomic E-state index is -1.44. The Labute approximate surface area is 161 Å². The van der Waals surface area contributed by atoms with E-state index in [2.05, 4.69) is 0 Å². The molecule has 3 rings (SSSR count). The highest BCUT2D eigenvalue weighted by molar-refractivity contribution is 6.30. The van der Waals surface area contributed by atoms with E-state index in [4.69, 9.17) is 35.3 Å². The van der Waals surface area contributed by atoms with Crippen LogP contribution in [0.5, 0.6) is 0 Å². The summed E-state index contributed by atoms with van der Waals surface area (Å²) < 4.78 is 27.5. The van der Waals surface area contributed by atoms with Gasteiger partial charge in [0, 0.05) is 11.9 Å². The Morgan fingerprint density at radius 1 is 1.30 bits per heavy atom. The lowest BCUT2D eigenvalue weighted by atomic mass is 9.97. The maximum atomic E-state index is 12.4. The molecule has 1 aromatic carbocycles. The predicted molar refractivity (Wildman–Crippen MR) is 92.0 cm³/mol. The van der Waals surface area contributed by atoms with E-state index in [9.17, 15) is 14.7 Å². The molecule has 2 saturated heterocycles. The molecule has 27 heavy (non-hydrogen) atoms. The zero-order valence-corrected chi connectivity index (χ0v) is 15.8. The topological polar surface area (TPSA) is 101 Å². The fraction of sp³-hybridized carbons (Fsp3) is 0.556. The molecule has 8 nitrogen and oxygen atoms in total. The van der Waals surface area contributed by atoms with Gasteiger partial charge in [0.2, 0.25) is 6.29 Å². The van der Waals surface area contributed by atoms with Gasteiger partial charge in [-0.2, -0.15) is 0 Å². The molecule has 0 radical (unpaired) electrons. The summed E-state index contributed by atoms with van der Waals surface area (Å²) in [6.07, 6.45) is -5.35. The largest absolute Gasteiger partial charge is 0.457 e. The molecule has 0 amide bonds. The van der Waals surface area contributed by atoms with Gasteiger partial charge in [-0.1, -0.05) is 17.7 Å². The van der Waals surface area contributed by atoms with Crippen molar-refractivity contribution in [3.05, 3.63) is 34.9 Å². The van der Waals surface area contributed by atoms with E-state index in [1.54, 1.807) is 26.0 Å². The third-order valence-corrected chi connectivity index (χ3v) is 4.45. The Hall–Kier alpha value is -1.71. The first-order valence-corrected chi connectivity index (χ1v) is 8.83. The predicted octanol–water partition coefficient (Wildman–Crippen LogP) is 1.67. The molecule has 1 unspecified atom stereocenters. The number of halogens is 1. The average Bonchev–Trinajstić information content (AvgIpc) is 2.58. The van der Waals surface area contributed by atoms with Crippen molar-refractivity contribution in [2.75, 3.05) is 6.61 Å². The average molecular weight is 401 g/mol. The molecule has 0 aromatic heterocycles. The monoisotopic (exact) mass is 400 g/mol. The van der Waals surface area contributed by atoms with Crippen molar-refractivity contribution in [3.8, 4) is 0 Å². The van der Waals surface area contributed by atoms with Gasteiger partial charge < -0.3 is 28.8 Å². The summed E-state index contributed by atoms with van der Waals surface area (Å²) in [4.78, 5) is 23.9. The number of benzene rings is 1. The second-order valence-corrected chi connectivity index (χ2v) is 7.25. The van der Waals surface area contributed by atoms with Crippen LogP contribution >= 0.6 is 11.6 Å². The normalized spacial score (nSPS) is 32.3. The second kappa shape index (κ2) is 7.73. The SMILES string of the molecule is CC(=O)O[C@@H]1[C@@H]2OC(C)(C)OC[C@H]2OC(OC(=O)c2cccc(Cl)c2)[C@H]1O. The molecule has 1 N–H and O–H groups in total. The zero-order chi connectivity index (χ0) is 19.8. The van der Waals surface area contributed by atoms with Gasteiger partial charge in [-0.15, -0.1) is 0 Å². The van der Waals surface area contributed by atoms with Crippen molar-refractivity contribution in [2.45, 2.75) is 57.3 Å². The minimum absolute atomic E-state index is 0.118. The molecule has 9 heteroatoms. The van der Waals surface area contributed by atoms with Crippen LogP contribution in [-0.2, 0) is 28.5 Å². The molecule has 0 saturated carbocycles. The van der Waals surface area contributed by atoms with Gasteiger partial charge in [0.15, 0.2) is 18.0 Å². The van der Waals surface area contributed by atoms with E-state index in [1.807, 2.05) is 0 Å². The van der Waals surface area contributed by atoms with E-state index >= 15 is 0 Å². The number of aliphatic hydroxyl groups is 1. The third kappa shape index (κ3) is 4.59. The summed E-state index contributed by atoms with van der Waals surface area (Å²) >= 11 is 5.88. The van der Waals surface area contributed by atoms with Crippen molar-refractivity contribution in [1.29, 1.82) is 0 Å². The van der Waals surface area contributed by atoms with Crippen LogP contribution in [-0.4, -0.2) is 60.1 Å². The summed E-state index contributed by atoms with van der Waals surface area (Å²) in [5, 5.41) is 11.0. The molecule has 0 bridgehead atoms. The number of aliphatic hydroxyl groups excluding tert-OH is 1. The summed E-state index contributed by atoms with van der Waals surface area (Å²) in [5.41, 5.74) is 0.196. The minimum Gasteiger partial charge on any atom is -0.457 e. The van der Waals surface area contributed by atoms with Crippen LogP contribution in [0.4, 0.5) is 0 Å². The van der Waals surface area contributed by atoms with E-state index in [1.165, 1.54) is 19.1 Å². The highest BCUT2D eigenvalue weighted by atomic mass is 35.5. The number of rotatable bonds is 3. The Balaban J connectivity index is 1.78. The molecule has 2 aliphatic heterocycles. The Morgan fingerprint density at radius 3 is 2.70 bits per heavy atom. The number of fused-ring (bicyclic) bond motifs is 1. The van der Waals surface area contributed by atoms with Crippen LogP contribution in [0.1, 0.15) is 31.1 Å². The second-order valence-electron chi connectivity index (χ2n) is 6.82. The summed E-state index contributed by atoms with van der Waals surface area (Å²) in [7, 11) is 0. The molecule has 0 spiro atoms. The van der Waals surface area contributed by atoms with Crippen LogP contribution in [0.15, 0.2) is 24.3 Å². The van der Waals surface area contributed by atoms with Gasteiger partial charge in [-0.3, -0.25) is 4.79 Å². The molecule has 2 aliphatic rings. The molecule has 5 atom stereocenters. The zero-order valence-electron chi connectivity index (χ0n) is 15.1. The number of hydrogen-bond acceptors (Lipinski definition) is 8. The van der Waals surface area contributed by atoms with Crippen LogP contribution in [0.3, 0.4) is 0 Å². The summed E-state index contributed by atoms with van der Waals surface area (Å²) in [5.74, 6) is -2.28. The van der Waals surface area contributed by atoms with Crippen molar-refractivity contribution in [2.24, 2.45) is 0 Å². The Bertz CT molecular complexity index is 721. The van der Waals surface area contributed by atoms with Gasteiger partial charge in [0.05, 0.1) is 12.2 Å². The van der Waals surface area contributed by atoms with Crippen molar-refractivity contribution in [1.82, 2.24) is 0 Å². The lowest BCUT2D eigenvalue weighted by molar-refractivity contribution is -0.376. The number of carbonyl (C=O) groups excluding carboxylic acids is 2. The molecule has 2 heterocycles. The van der Waals surface area contributed by atoms with Gasteiger partial charge >= 0.3 is 11.9 Å². The van der Waals surface area contributed by atoms with E-state index in [0.717, 1.165) is 0 Å². The number of hydrogen-bond donors (Lipinski definition) is 1. The number of esters is 2. The number of carbonyl (C=O) groups is 2. The number of ether oxygens (including phenoxy) is 5. The first kappa shape index (κ1) is 20.0. The third-order valence-electron chi connectivity index (χ3n) is 4.22. The standard InChI is InChI=1S/C18H21ClO8/c1-9(20)24-15-13(21)17(25-12-8-23-18(2,3)27-14(12)15)26-16(22)10-5-4-6-11(19)7-10/h4-7,12-15,17,21H,8H2,1-3H3/t12-,13+,14-,15+,17?/m1/s1. The van der Waals surface area contributed by atoms with E-state index < -0.39 is 48.4 Å². The molecule has 0 aliphatic carbocycles. The van der Waals surface area contributed by atoms with Crippen LogP contribution in [0.25, 0.3) is 0 Å². The maximum Gasteiger partial charge on any atom is 0.340 e. The van der Waals surface area contributed by atoms with Gasteiger partial charge in [0.25, 0.3) is 0 Å². The Morgan fingerprint density at radius 2 is 2.04 bits per heavy atom. The quantitative estimate of drug-likeness (QED) is 0.764. The van der Waals surface area contributed by atoms with Crippen LogP contribution in [0.2, 0.25) is 5.02 Å². The van der Waals surface area contributed by atoms with Crippen LogP contribution < -0.4 is 0 Å². The van der Waals surface area contributed by atoms with E-state index in [0.29, 0.717) is 5.02 Å². The molecular weight excluding hydrogens is 380 g/mol. The fourth-order valence-corrected chi connectivity index (χ4v) is 3.22. The Kier molecular flexibility index (Phi) is 5.73. The summed E-state index contributed by atoms with van der Waals surface area (Å²) in [6.45, 7) is 4.74. The fourth-order valence-electron chi connectivity index (χ4n) is 3.03.